The molecule has 0 unspecified atom stereocenters. The number of carbonyl (C=O) groups is 2. The van der Waals surface area contributed by atoms with Gasteiger partial charge < -0.3 is 10.0 Å². The number of hydrogen-bond acceptors (Lipinski definition) is 2. The molecule has 0 spiro atoms. The summed E-state index contributed by atoms with van der Waals surface area (Å²) in [6, 6.07) is 13.6. The first-order chi connectivity index (χ1) is 11.9. The molecule has 0 aliphatic carbocycles. The van der Waals surface area contributed by atoms with Crippen LogP contribution in [0.2, 0.25) is 0 Å². The van der Waals surface area contributed by atoms with Crippen LogP contribution in [0.1, 0.15) is 35.3 Å². The highest BCUT2D eigenvalue weighted by molar-refractivity contribution is 5.95. The monoisotopic (exact) mass is 341 g/mol. The molecule has 0 radical (unpaired) electrons. The molecule has 0 saturated heterocycles. The third-order valence-corrected chi connectivity index (χ3v) is 3.73. The van der Waals surface area contributed by atoms with E-state index >= 15 is 0 Å². The van der Waals surface area contributed by atoms with Gasteiger partial charge >= 0.3 is 5.97 Å². The molecule has 0 bridgehead atoms. The molecule has 0 heterocycles. The van der Waals surface area contributed by atoms with E-state index in [1.54, 1.807) is 4.90 Å². The summed E-state index contributed by atoms with van der Waals surface area (Å²) in [5.74, 6) is -2.06. The lowest BCUT2D eigenvalue weighted by molar-refractivity contribution is -0.131. The SMILES string of the molecule is CC(C)N(Cc1ccccc1)C(=O)c1ccc(/C=C/C(=O)O)c(F)c1. The second-order valence-corrected chi connectivity index (χ2v) is 5.92. The highest BCUT2D eigenvalue weighted by atomic mass is 19.1. The molecule has 2 rings (SSSR count). The van der Waals surface area contributed by atoms with Crippen molar-refractivity contribution in [1.82, 2.24) is 4.90 Å². The Labute approximate surface area is 146 Å². The molecule has 0 aliphatic heterocycles. The van der Waals surface area contributed by atoms with Crippen molar-refractivity contribution in [2.24, 2.45) is 0 Å². The fourth-order valence-electron chi connectivity index (χ4n) is 2.39. The molecule has 5 heteroatoms. The van der Waals surface area contributed by atoms with Crippen LogP contribution in [0, 0.1) is 5.82 Å². The number of carboxylic acids is 1. The molecule has 0 saturated carbocycles. The number of halogens is 1. The van der Waals surface area contributed by atoms with Crippen LogP contribution in [0.15, 0.2) is 54.6 Å². The zero-order chi connectivity index (χ0) is 18.4. The van der Waals surface area contributed by atoms with E-state index in [0.29, 0.717) is 6.54 Å². The molecule has 2 aromatic carbocycles. The van der Waals surface area contributed by atoms with Crippen LogP contribution in [-0.4, -0.2) is 27.9 Å². The van der Waals surface area contributed by atoms with Gasteiger partial charge in [-0.1, -0.05) is 36.4 Å². The molecular formula is C20H20FNO3. The Morgan fingerprint density at radius 3 is 2.40 bits per heavy atom. The van der Waals surface area contributed by atoms with Gasteiger partial charge in [-0.3, -0.25) is 4.79 Å². The highest BCUT2D eigenvalue weighted by Gasteiger charge is 2.20. The van der Waals surface area contributed by atoms with Crippen molar-refractivity contribution in [3.8, 4) is 0 Å². The summed E-state index contributed by atoms with van der Waals surface area (Å²) in [6.45, 7) is 4.24. The van der Waals surface area contributed by atoms with E-state index < -0.39 is 11.8 Å². The van der Waals surface area contributed by atoms with Gasteiger partial charge in [-0.05, 0) is 37.6 Å². The number of carbonyl (C=O) groups excluding carboxylic acids is 1. The average Bonchev–Trinajstić information content (AvgIpc) is 2.58. The summed E-state index contributed by atoms with van der Waals surface area (Å²) in [4.78, 5) is 25.0. The molecular weight excluding hydrogens is 321 g/mol. The van der Waals surface area contributed by atoms with Crippen molar-refractivity contribution in [3.05, 3.63) is 77.1 Å². The van der Waals surface area contributed by atoms with Crippen molar-refractivity contribution in [2.75, 3.05) is 0 Å². The smallest absolute Gasteiger partial charge is 0.328 e. The number of hydrogen-bond donors (Lipinski definition) is 1. The van der Waals surface area contributed by atoms with Gasteiger partial charge in [0.2, 0.25) is 0 Å². The minimum atomic E-state index is -1.16. The van der Waals surface area contributed by atoms with E-state index in [1.807, 2.05) is 44.2 Å². The third-order valence-electron chi connectivity index (χ3n) is 3.73. The van der Waals surface area contributed by atoms with E-state index in [2.05, 4.69) is 0 Å². The standard InChI is InChI=1S/C20H20FNO3/c1-14(2)22(13-15-6-4-3-5-7-15)20(25)17-9-8-16(18(21)12-17)10-11-19(23)24/h3-12,14H,13H2,1-2H3,(H,23,24)/b11-10+. The van der Waals surface area contributed by atoms with Crippen LogP contribution in [-0.2, 0) is 11.3 Å². The van der Waals surface area contributed by atoms with Gasteiger partial charge in [0.1, 0.15) is 5.82 Å². The summed E-state index contributed by atoms with van der Waals surface area (Å²) < 4.78 is 14.1. The maximum absolute atomic E-state index is 14.1. The molecule has 1 N–H and O–H groups in total. The number of rotatable bonds is 6. The molecule has 0 fully saturated rings. The minimum absolute atomic E-state index is 0.0534. The summed E-state index contributed by atoms with van der Waals surface area (Å²) in [5.41, 5.74) is 1.35. The summed E-state index contributed by atoms with van der Waals surface area (Å²) in [7, 11) is 0. The lowest BCUT2D eigenvalue weighted by atomic mass is 10.1. The Bertz CT molecular complexity index is 785. The number of benzene rings is 2. The topological polar surface area (TPSA) is 57.6 Å². The number of aliphatic carboxylic acids is 1. The fraction of sp³-hybridized carbons (Fsp3) is 0.200. The Morgan fingerprint density at radius 2 is 1.84 bits per heavy atom. The quantitative estimate of drug-likeness (QED) is 0.809. The maximum atomic E-state index is 14.1. The highest BCUT2D eigenvalue weighted by Crippen LogP contribution is 2.17. The van der Waals surface area contributed by atoms with Gasteiger partial charge in [0, 0.05) is 29.8 Å². The Kier molecular flexibility index (Phi) is 6.06. The molecule has 25 heavy (non-hydrogen) atoms. The van der Waals surface area contributed by atoms with E-state index in [-0.39, 0.29) is 23.1 Å². The van der Waals surface area contributed by atoms with Crippen molar-refractivity contribution >= 4 is 18.0 Å². The fourth-order valence-corrected chi connectivity index (χ4v) is 2.39. The van der Waals surface area contributed by atoms with Crippen molar-refractivity contribution in [1.29, 1.82) is 0 Å². The lowest BCUT2D eigenvalue weighted by Crippen LogP contribution is -2.36. The molecule has 0 aliphatic rings. The van der Waals surface area contributed by atoms with Crippen LogP contribution >= 0.6 is 0 Å². The second kappa shape index (κ2) is 8.24. The molecule has 1 amide bonds. The van der Waals surface area contributed by atoms with E-state index in [4.69, 9.17) is 5.11 Å². The average molecular weight is 341 g/mol. The van der Waals surface area contributed by atoms with Gasteiger partial charge in [0.15, 0.2) is 0 Å². The van der Waals surface area contributed by atoms with Gasteiger partial charge in [0.05, 0.1) is 0 Å². The molecule has 2 aromatic rings. The molecule has 130 valence electrons. The van der Waals surface area contributed by atoms with Crippen LogP contribution in [0.3, 0.4) is 0 Å². The van der Waals surface area contributed by atoms with E-state index in [0.717, 1.165) is 23.8 Å². The van der Waals surface area contributed by atoms with Gasteiger partial charge in [-0.2, -0.15) is 0 Å². The predicted octanol–water partition coefficient (Wildman–Crippen LogP) is 3.97. The number of amides is 1. The maximum Gasteiger partial charge on any atom is 0.328 e. The lowest BCUT2D eigenvalue weighted by Gasteiger charge is -2.27. The number of carboxylic acid groups (broad SMARTS) is 1. The first-order valence-electron chi connectivity index (χ1n) is 7.94. The number of nitrogens with zero attached hydrogens (tertiary/aromatic N) is 1. The zero-order valence-corrected chi connectivity index (χ0v) is 14.1. The summed E-state index contributed by atoms with van der Waals surface area (Å²) in [6.07, 6.45) is 2.02. The van der Waals surface area contributed by atoms with Gasteiger partial charge in [-0.25, -0.2) is 9.18 Å². The van der Waals surface area contributed by atoms with Crippen molar-refractivity contribution in [2.45, 2.75) is 26.4 Å². The Morgan fingerprint density at radius 1 is 1.16 bits per heavy atom. The van der Waals surface area contributed by atoms with Crippen LogP contribution in [0.5, 0.6) is 0 Å². The Hall–Kier alpha value is -2.95. The predicted molar refractivity (Wildman–Crippen MR) is 94.5 cm³/mol. The normalized spacial score (nSPS) is 11.0. The molecule has 4 nitrogen and oxygen atoms in total. The van der Waals surface area contributed by atoms with Gasteiger partial charge in [-0.15, -0.1) is 0 Å². The van der Waals surface area contributed by atoms with Crippen LogP contribution < -0.4 is 0 Å². The second-order valence-electron chi connectivity index (χ2n) is 5.92. The molecule has 0 atom stereocenters. The van der Waals surface area contributed by atoms with Gasteiger partial charge in [0.25, 0.3) is 5.91 Å². The largest absolute Gasteiger partial charge is 0.478 e. The minimum Gasteiger partial charge on any atom is -0.478 e. The van der Waals surface area contributed by atoms with Crippen molar-refractivity contribution < 1.29 is 19.1 Å². The van der Waals surface area contributed by atoms with Crippen LogP contribution in [0.4, 0.5) is 4.39 Å². The summed E-state index contributed by atoms with van der Waals surface area (Å²) >= 11 is 0. The van der Waals surface area contributed by atoms with Crippen LogP contribution in [0.25, 0.3) is 6.08 Å². The Balaban J connectivity index is 2.24. The molecule has 0 aromatic heterocycles. The van der Waals surface area contributed by atoms with E-state index in [9.17, 15) is 14.0 Å². The van der Waals surface area contributed by atoms with E-state index in [1.165, 1.54) is 12.1 Å². The third kappa shape index (κ3) is 5.01. The first kappa shape index (κ1) is 18.4. The first-order valence-corrected chi connectivity index (χ1v) is 7.94. The zero-order valence-electron chi connectivity index (χ0n) is 14.1. The summed E-state index contributed by atoms with van der Waals surface area (Å²) in [5, 5.41) is 8.61. The van der Waals surface area contributed by atoms with Crippen molar-refractivity contribution in [3.63, 3.8) is 0 Å².